The molecule has 0 aromatic heterocycles. The Bertz CT molecular complexity index is 722. The number of aliphatic carboxylic acids is 1. The van der Waals surface area contributed by atoms with Gasteiger partial charge in [-0.05, 0) is 58.2 Å². The molecule has 0 amide bonds. The fourth-order valence-electron chi connectivity index (χ4n) is 2.18. The topological polar surface area (TPSA) is 67.8 Å². The average Bonchev–Trinajstić information content (AvgIpc) is 2.55. The minimum atomic E-state index is -0.896. The van der Waals surface area contributed by atoms with Crippen LogP contribution in [-0.4, -0.2) is 24.2 Å². The van der Waals surface area contributed by atoms with E-state index in [1.165, 1.54) is 0 Å². The predicted molar refractivity (Wildman–Crippen MR) is 100 cm³/mol. The van der Waals surface area contributed by atoms with Crippen LogP contribution in [0.4, 0.5) is 0 Å². The van der Waals surface area contributed by atoms with Crippen LogP contribution in [0.5, 0.6) is 11.5 Å². The summed E-state index contributed by atoms with van der Waals surface area (Å²) in [6.07, 6.45) is 0. The van der Waals surface area contributed by atoms with Crippen molar-refractivity contribution in [3.8, 4) is 11.5 Å². The van der Waals surface area contributed by atoms with Crippen molar-refractivity contribution in [2.24, 2.45) is 0 Å². The van der Waals surface area contributed by atoms with E-state index < -0.39 is 5.97 Å². The zero-order valence-electron chi connectivity index (χ0n) is 13.7. The Hall–Kier alpha value is -1.76. The Balaban J connectivity index is 2.12. The summed E-state index contributed by atoms with van der Waals surface area (Å²) in [7, 11) is 0. The third-order valence-corrected chi connectivity index (χ3v) is 4.11. The second kappa shape index (κ2) is 9.65. The molecule has 0 unspecified atom stereocenters. The Morgan fingerprint density at radius 2 is 1.92 bits per heavy atom. The maximum atomic E-state index is 10.6. The second-order valence-corrected chi connectivity index (χ2v) is 6.54. The van der Waals surface area contributed by atoms with Crippen LogP contribution in [0, 0.1) is 0 Å². The quantitative estimate of drug-likeness (QED) is 0.625. The molecule has 25 heavy (non-hydrogen) atoms. The van der Waals surface area contributed by atoms with Crippen molar-refractivity contribution >= 4 is 33.5 Å². The number of halogens is 2. The molecule has 7 heteroatoms. The van der Waals surface area contributed by atoms with Gasteiger partial charge in [-0.25, -0.2) is 0 Å². The molecule has 5 nitrogen and oxygen atoms in total. The van der Waals surface area contributed by atoms with Crippen LogP contribution < -0.4 is 14.8 Å². The molecule has 0 saturated carbocycles. The number of ether oxygens (including phenoxy) is 2. The number of hydrogen-bond acceptors (Lipinski definition) is 4. The summed E-state index contributed by atoms with van der Waals surface area (Å²) in [4.78, 5) is 10.6. The van der Waals surface area contributed by atoms with Crippen LogP contribution in [0.1, 0.15) is 18.1 Å². The molecular formula is C18H19BrClNO4. The van der Waals surface area contributed by atoms with E-state index in [1.807, 2.05) is 43.3 Å². The molecule has 0 saturated heterocycles. The second-order valence-electron chi connectivity index (χ2n) is 5.25. The summed E-state index contributed by atoms with van der Waals surface area (Å²) in [5, 5.41) is 12.2. The smallest absolute Gasteiger partial charge is 0.317 e. The fourth-order valence-corrected chi connectivity index (χ4v) is 2.91. The van der Waals surface area contributed by atoms with Crippen LogP contribution in [0.3, 0.4) is 0 Å². The van der Waals surface area contributed by atoms with Crippen molar-refractivity contribution in [3.05, 3.63) is 57.0 Å². The number of carboxylic acid groups (broad SMARTS) is 1. The van der Waals surface area contributed by atoms with Gasteiger partial charge in [-0.2, -0.15) is 0 Å². The molecule has 0 aliphatic rings. The van der Waals surface area contributed by atoms with Crippen LogP contribution in [0.2, 0.25) is 5.02 Å². The number of rotatable bonds is 9. The first kappa shape index (κ1) is 19.6. The number of carbonyl (C=O) groups is 1. The molecular weight excluding hydrogens is 410 g/mol. The minimum absolute atomic E-state index is 0.101. The predicted octanol–water partition coefficient (Wildman–Crippen LogP) is 4.25. The highest BCUT2D eigenvalue weighted by molar-refractivity contribution is 9.10. The molecule has 0 aliphatic carbocycles. The van der Waals surface area contributed by atoms with E-state index in [0.717, 1.165) is 15.6 Å². The molecule has 0 aliphatic heterocycles. The van der Waals surface area contributed by atoms with Crippen molar-refractivity contribution < 1.29 is 19.4 Å². The molecule has 0 bridgehead atoms. The van der Waals surface area contributed by atoms with Gasteiger partial charge in [0, 0.05) is 11.6 Å². The number of benzene rings is 2. The summed E-state index contributed by atoms with van der Waals surface area (Å²) < 4.78 is 12.3. The number of carboxylic acids is 1. The van der Waals surface area contributed by atoms with Crippen LogP contribution in [0.15, 0.2) is 40.9 Å². The normalized spacial score (nSPS) is 10.5. The van der Waals surface area contributed by atoms with Crippen LogP contribution in [-0.2, 0) is 17.9 Å². The first-order chi connectivity index (χ1) is 12.0. The summed E-state index contributed by atoms with van der Waals surface area (Å²) in [6, 6.07) is 11.2. The number of nitrogens with one attached hydrogen (secondary N) is 1. The molecule has 0 spiro atoms. The molecule has 2 N–H and O–H groups in total. The van der Waals surface area contributed by atoms with E-state index in [1.54, 1.807) is 0 Å². The maximum absolute atomic E-state index is 10.6. The minimum Gasteiger partial charge on any atom is -0.490 e. The highest BCUT2D eigenvalue weighted by Crippen LogP contribution is 2.37. The standard InChI is InChI=1S/C18H19BrClNO4/c1-2-24-16-8-13(9-21-10-17(22)23)7-15(19)18(16)25-11-12-3-5-14(20)6-4-12/h3-8,21H,2,9-11H2,1H3,(H,22,23). The molecule has 0 heterocycles. The maximum Gasteiger partial charge on any atom is 0.317 e. The summed E-state index contributed by atoms with van der Waals surface area (Å²) in [5.41, 5.74) is 1.89. The van der Waals surface area contributed by atoms with E-state index in [4.69, 9.17) is 26.2 Å². The van der Waals surface area contributed by atoms with Gasteiger partial charge in [0.1, 0.15) is 6.61 Å². The average molecular weight is 429 g/mol. The van der Waals surface area contributed by atoms with Crippen molar-refractivity contribution in [1.82, 2.24) is 5.32 Å². The van der Waals surface area contributed by atoms with Crippen LogP contribution >= 0.6 is 27.5 Å². The van der Waals surface area contributed by atoms with E-state index in [2.05, 4.69) is 21.2 Å². The monoisotopic (exact) mass is 427 g/mol. The lowest BCUT2D eigenvalue weighted by Gasteiger charge is -2.16. The van der Waals surface area contributed by atoms with Crippen molar-refractivity contribution in [2.75, 3.05) is 13.2 Å². The van der Waals surface area contributed by atoms with E-state index in [0.29, 0.717) is 36.3 Å². The van der Waals surface area contributed by atoms with Gasteiger partial charge >= 0.3 is 5.97 Å². The highest BCUT2D eigenvalue weighted by Gasteiger charge is 2.13. The molecule has 2 rings (SSSR count). The lowest BCUT2D eigenvalue weighted by molar-refractivity contribution is -0.135. The fraction of sp³-hybridized carbons (Fsp3) is 0.278. The Morgan fingerprint density at radius 1 is 1.20 bits per heavy atom. The Morgan fingerprint density at radius 3 is 2.56 bits per heavy atom. The summed E-state index contributed by atoms with van der Waals surface area (Å²) >= 11 is 9.39. The summed E-state index contributed by atoms with van der Waals surface area (Å²) in [6.45, 7) is 3.09. The molecule has 0 radical (unpaired) electrons. The van der Waals surface area contributed by atoms with Crippen molar-refractivity contribution in [2.45, 2.75) is 20.1 Å². The third kappa shape index (κ3) is 6.23. The van der Waals surface area contributed by atoms with Gasteiger partial charge in [-0.3, -0.25) is 4.79 Å². The molecule has 0 fully saturated rings. The summed E-state index contributed by atoms with van der Waals surface area (Å²) in [5.74, 6) is 0.323. The third-order valence-electron chi connectivity index (χ3n) is 3.27. The molecule has 134 valence electrons. The Labute approximate surface area is 160 Å². The largest absolute Gasteiger partial charge is 0.490 e. The van der Waals surface area contributed by atoms with Gasteiger partial charge in [-0.1, -0.05) is 23.7 Å². The van der Waals surface area contributed by atoms with Gasteiger partial charge in [0.15, 0.2) is 11.5 Å². The highest BCUT2D eigenvalue weighted by atomic mass is 79.9. The lowest BCUT2D eigenvalue weighted by Crippen LogP contribution is -2.21. The first-order valence-corrected chi connectivity index (χ1v) is 8.91. The SMILES string of the molecule is CCOc1cc(CNCC(=O)O)cc(Br)c1OCc1ccc(Cl)cc1. The van der Waals surface area contributed by atoms with Gasteiger partial charge in [0.25, 0.3) is 0 Å². The molecule has 0 atom stereocenters. The van der Waals surface area contributed by atoms with Crippen LogP contribution in [0.25, 0.3) is 0 Å². The van der Waals surface area contributed by atoms with E-state index in [9.17, 15) is 4.79 Å². The number of hydrogen-bond donors (Lipinski definition) is 2. The first-order valence-electron chi connectivity index (χ1n) is 7.74. The lowest BCUT2D eigenvalue weighted by atomic mass is 10.2. The Kier molecular flexibility index (Phi) is 7.55. The zero-order chi connectivity index (χ0) is 18.2. The molecule has 2 aromatic rings. The molecule has 2 aromatic carbocycles. The van der Waals surface area contributed by atoms with Gasteiger partial charge in [0.2, 0.25) is 0 Å². The van der Waals surface area contributed by atoms with E-state index in [-0.39, 0.29) is 6.54 Å². The van der Waals surface area contributed by atoms with Crippen molar-refractivity contribution in [1.29, 1.82) is 0 Å². The van der Waals surface area contributed by atoms with Crippen molar-refractivity contribution in [3.63, 3.8) is 0 Å². The van der Waals surface area contributed by atoms with Gasteiger partial charge in [0.05, 0.1) is 17.6 Å². The van der Waals surface area contributed by atoms with E-state index >= 15 is 0 Å². The van der Waals surface area contributed by atoms with Gasteiger partial charge < -0.3 is 19.9 Å². The zero-order valence-corrected chi connectivity index (χ0v) is 16.1. The van der Waals surface area contributed by atoms with Gasteiger partial charge in [-0.15, -0.1) is 0 Å².